The monoisotopic (exact) mass is 192 g/mol. The van der Waals surface area contributed by atoms with Gasteiger partial charge in [-0.25, -0.2) is 0 Å². The van der Waals surface area contributed by atoms with E-state index in [1.165, 1.54) is 19.1 Å². The number of carbonyl (C=O) groups excluding carboxylic acids is 1. The highest BCUT2D eigenvalue weighted by Crippen LogP contribution is 2.57. The van der Waals surface area contributed by atoms with E-state index in [1.54, 1.807) is 0 Å². The van der Waals surface area contributed by atoms with E-state index in [4.69, 9.17) is 0 Å². The van der Waals surface area contributed by atoms with E-state index in [-0.39, 0.29) is 11.3 Å². The first-order valence-electron chi connectivity index (χ1n) is 5.68. The van der Waals surface area contributed by atoms with Gasteiger partial charge in [0.25, 0.3) is 0 Å². The number of aldehydes is 1. The van der Waals surface area contributed by atoms with Gasteiger partial charge in [0.1, 0.15) is 6.29 Å². The first-order valence-corrected chi connectivity index (χ1v) is 5.68. The van der Waals surface area contributed by atoms with Gasteiger partial charge >= 0.3 is 0 Å². The van der Waals surface area contributed by atoms with Gasteiger partial charge in [-0.1, -0.05) is 32.9 Å². The highest BCUT2D eigenvalue weighted by atomic mass is 16.1. The summed E-state index contributed by atoms with van der Waals surface area (Å²) in [6.07, 6.45) is 9.40. The molecule has 0 N–H and O–H groups in total. The first kappa shape index (κ1) is 9.95. The molecule has 1 fully saturated rings. The van der Waals surface area contributed by atoms with Crippen molar-refractivity contribution in [1.29, 1.82) is 0 Å². The van der Waals surface area contributed by atoms with Gasteiger partial charge in [0.05, 0.1) is 0 Å². The van der Waals surface area contributed by atoms with Gasteiger partial charge < -0.3 is 4.79 Å². The number of carbonyl (C=O) groups is 1. The van der Waals surface area contributed by atoms with E-state index in [2.05, 4.69) is 32.9 Å². The third-order valence-corrected chi connectivity index (χ3v) is 4.54. The van der Waals surface area contributed by atoms with E-state index < -0.39 is 0 Å². The summed E-state index contributed by atoms with van der Waals surface area (Å²) in [5.41, 5.74) is 0.488. The van der Waals surface area contributed by atoms with E-state index >= 15 is 0 Å². The number of allylic oxidation sites excluding steroid dienone is 2. The Morgan fingerprint density at radius 1 is 1.36 bits per heavy atom. The molecule has 0 radical (unpaired) electrons. The molecule has 1 saturated carbocycles. The Balaban J connectivity index is 2.40. The molecule has 14 heavy (non-hydrogen) atoms. The van der Waals surface area contributed by atoms with Gasteiger partial charge in [0, 0.05) is 5.92 Å². The second kappa shape index (κ2) is 2.95. The van der Waals surface area contributed by atoms with Crippen LogP contribution in [0.4, 0.5) is 0 Å². The number of hydrogen-bond donors (Lipinski definition) is 0. The van der Waals surface area contributed by atoms with Crippen LogP contribution in [-0.4, -0.2) is 6.29 Å². The summed E-state index contributed by atoms with van der Waals surface area (Å²) in [4.78, 5) is 11.2. The standard InChI is InChI=1S/C13H20O/c1-10(2)13-6-4-12(3,5-7-13)8-11(13)9-14/h4,6,9-11H,5,7-8H2,1-3H3/t11-,12-,13+/m0/s1. The van der Waals surface area contributed by atoms with E-state index in [0.29, 0.717) is 11.3 Å². The minimum Gasteiger partial charge on any atom is -0.303 e. The Labute approximate surface area is 86.6 Å². The van der Waals surface area contributed by atoms with Crippen molar-refractivity contribution in [2.45, 2.75) is 40.0 Å². The minimum absolute atomic E-state index is 0.180. The molecule has 0 saturated heterocycles. The van der Waals surface area contributed by atoms with Crippen LogP contribution in [0.5, 0.6) is 0 Å². The fourth-order valence-corrected chi connectivity index (χ4v) is 3.28. The first-order chi connectivity index (χ1) is 6.52. The molecule has 0 amide bonds. The summed E-state index contributed by atoms with van der Waals surface area (Å²) >= 11 is 0. The zero-order valence-corrected chi connectivity index (χ0v) is 9.42. The number of rotatable bonds is 2. The fraction of sp³-hybridized carbons (Fsp3) is 0.769. The van der Waals surface area contributed by atoms with Crippen molar-refractivity contribution in [2.75, 3.05) is 0 Å². The molecular weight excluding hydrogens is 172 g/mol. The Hall–Kier alpha value is -0.590. The van der Waals surface area contributed by atoms with Crippen molar-refractivity contribution in [3.63, 3.8) is 0 Å². The normalized spacial score (nSPS) is 45.9. The molecule has 3 aliphatic carbocycles. The van der Waals surface area contributed by atoms with E-state index in [0.717, 1.165) is 6.42 Å². The average molecular weight is 192 g/mol. The van der Waals surface area contributed by atoms with Crippen molar-refractivity contribution in [3.05, 3.63) is 12.2 Å². The van der Waals surface area contributed by atoms with Crippen molar-refractivity contribution >= 4 is 6.29 Å². The third-order valence-electron chi connectivity index (χ3n) is 4.54. The topological polar surface area (TPSA) is 17.1 Å². The van der Waals surface area contributed by atoms with Crippen LogP contribution in [0, 0.1) is 22.7 Å². The Kier molecular flexibility index (Phi) is 2.09. The predicted molar refractivity (Wildman–Crippen MR) is 57.9 cm³/mol. The average Bonchev–Trinajstić information content (AvgIpc) is 2.17. The zero-order valence-electron chi connectivity index (χ0n) is 9.42. The van der Waals surface area contributed by atoms with Gasteiger partial charge in [-0.05, 0) is 36.0 Å². The molecule has 1 nitrogen and oxygen atoms in total. The molecule has 1 heteroatoms. The summed E-state index contributed by atoms with van der Waals surface area (Å²) in [6.45, 7) is 6.77. The van der Waals surface area contributed by atoms with Crippen molar-refractivity contribution in [2.24, 2.45) is 22.7 Å². The summed E-state index contributed by atoms with van der Waals surface area (Å²) < 4.78 is 0. The van der Waals surface area contributed by atoms with Gasteiger partial charge in [-0.2, -0.15) is 0 Å². The quantitative estimate of drug-likeness (QED) is 0.485. The molecule has 3 rings (SSSR count). The Morgan fingerprint density at radius 2 is 2.07 bits per heavy atom. The van der Waals surface area contributed by atoms with Gasteiger partial charge in [0.15, 0.2) is 0 Å². The lowest BCUT2D eigenvalue weighted by molar-refractivity contribution is -0.119. The molecule has 0 aromatic heterocycles. The maximum atomic E-state index is 11.2. The fourth-order valence-electron chi connectivity index (χ4n) is 3.28. The van der Waals surface area contributed by atoms with Crippen molar-refractivity contribution in [1.82, 2.24) is 0 Å². The van der Waals surface area contributed by atoms with Crippen LogP contribution in [0.3, 0.4) is 0 Å². The number of fused-ring (bicyclic) bond motifs is 2. The molecule has 78 valence electrons. The molecular formula is C13H20O. The second-order valence-electron chi connectivity index (χ2n) is 5.70. The minimum atomic E-state index is 0.180. The maximum Gasteiger partial charge on any atom is 0.123 e. The highest BCUT2D eigenvalue weighted by molar-refractivity contribution is 5.58. The lowest BCUT2D eigenvalue weighted by Gasteiger charge is -2.53. The largest absolute Gasteiger partial charge is 0.303 e. The zero-order chi connectivity index (χ0) is 10.4. The maximum absolute atomic E-state index is 11.2. The number of hydrogen-bond acceptors (Lipinski definition) is 1. The lowest BCUT2D eigenvalue weighted by Crippen LogP contribution is -2.46. The van der Waals surface area contributed by atoms with Crippen LogP contribution < -0.4 is 0 Å². The molecule has 0 heterocycles. The van der Waals surface area contributed by atoms with Crippen molar-refractivity contribution < 1.29 is 4.79 Å². The second-order valence-corrected chi connectivity index (χ2v) is 5.70. The molecule has 0 unspecified atom stereocenters. The lowest BCUT2D eigenvalue weighted by atomic mass is 9.51. The SMILES string of the molecule is CC(C)[C@@]12C=C[C@@](C)(CC1)C[C@H]2C=O. The summed E-state index contributed by atoms with van der Waals surface area (Å²) in [5, 5.41) is 0. The van der Waals surface area contributed by atoms with Crippen molar-refractivity contribution in [3.8, 4) is 0 Å². The van der Waals surface area contributed by atoms with Crippen LogP contribution in [0.2, 0.25) is 0 Å². The highest BCUT2D eigenvalue weighted by Gasteiger charge is 2.50. The summed E-state index contributed by atoms with van der Waals surface area (Å²) in [7, 11) is 0. The molecule has 0 spiro atoms. The van der Waals surface area contributed by atoms with Gasteiger partial charge in [0.2, 0.25) is 0 Å². The van der Waals surface area contributed by atoms with Crippen LogP contribution in [0.25, 0.3) is 0 Å². The predicted octanol–water partition coefficient (Wildman–Crippen LogP) is 3.20. The van der Waals surface area contributed by atoms with E-state index in [1.807, 2.05) is 0 Å². The Morgan fingerprint density at radius 3 is 2.50 bits per heavy atom. The molecule has 0 aromatic rings. The third kappa shape index (κ3) is 1.18. The van der Waals surface area contributed by atoms with Gasteiger partial charge in [-0.3, -0.25) is 0 Å². The van der Waals surface area contributed by atoms with Crippen LogP contribution >= 0.6 is 0 Å². The van der Waals surface area contributed by atoms with Crippen LogP contribution in [0.1, 0.15) is 40.0 Å². The molecule has 0 aliphatic heterocycles. The smallest absolute Gasteiger partial charge is 0.123 e. The van der Waals surface area contributed by atoms with Gasteiger partial charge in [-0.15, -0.1) is 0 Å². The molecule has 3 aliphatic rings. The van der Waals surface area contributed by atoms with Crippen LogP contribution in [-0.2, 0) is 4.79 Å². The molecule has 3 atom stereocenters. The summed E-state index contributed by atoms with van der Waals surface area (Å²) in [5.74, 6) is 0.838. The van der Waals surface area contributed by atoms with Crippen LogP contribution in [0.15, 0.2) is 12.2 Å². The Bertz CT molecular complexity index is 279. The summed E-state index contributed by atoms with van der Waals surface area (Å²) in [6, 6.07) is 0. The molecule has 2 bridgehead atoms. The molecule has 0 aromatic carbocycles. The van der Waals surface area contributed by atoms with E-state index in [9.17, 15) is 4.79 Å².